The maximum Gasteiger partial charge on any atom is 0.414 e. The molecule has 156 valence electrons. The van der Waals surface area contributed by atoms with Crippen LogP contribution in [-0.4, -0.2) is 67.6 Å². The Morgan fingerprint density at radius 3 is 2.97 bits per heavy atom. The molecule has 29 heavy (non-hydrogen) atoms. The van der Waals surface area contributed by atoms with Crippen LogP contribution in [0.1, 0.15) is 19.3 Å². The van der Waals surface area contributed by atoms with Crippen molar-refractivity contribution in [2.75, 3.05) is 40.0 Å². The van der Waals surface area contributed by atoms with Crippen molar-refractivity contribution in [3.8, 4) is 11.6 Å². The van der Waals surface area contributed by atoms with Gasteiger partial charge in [0.25, 0.3) is 0 Å². The topological polar surface area (TPSA) is 72.9 Å². The molecule has 1 atom stereocenters. The van der Waals surface area contributed by atoms with Gasteiger partial charge in [-0.25, -0.2) is 14.2 Å². The highest BCUT2D eigenvalue weighted by atomic mass is 19.1. The van der Waals surface area contributed by atoms with Gasteiger partial charge in [0.2, 0.25) is 5.88 Å². The van der Waals surface area contributed by atoms with Gasteiger partial charge < -0.3 is 24.4 Å². The molecule has 3 heterocycles. The summed E-state index contributed by atoms with van der Waals surface area (Å²) in [5.41, 5.74) is -0.813. The van der Waals surface area contributed by atoms with Gasteiger partial charge in [0.05, 0.1) is 31.9 Å². The summed E-state index contributed by atoms with van der Waals surface area (Å²) in [5, 5.41) is 3.29. The number of alkyl halides is 1. The van der Waals surface area contributed by atoms with E-state index in [1.54, 1.807) is 6.07 Å². The van der Waals surface area contributed by atoms with Crippen LogP contribution in [0.4, 0.5) is 9.18 Å². The molecule has 0 spiro atoms. The Morgan fingerprint density at radius 2 is 2.24 bits per heavy atom. The molecular weight excluding hydrogens is 377 g/mol. The van der Waals surface area contributed by atoms with Crippen molar-refractivity contribution in [3.63, 3.8) is 0 Å². The van der Waals surface area contributed by atoms with Gasteiger partial charge in [0.1, 0.15) is 5.75 Å². The second-order valence-corrected chi connectivity index (χ2v) is 7.80. The number of pyridine rings is 1. The summed E-state index contributed by atoms with van der Waals surface area (Å²) in [5.74, 6) is 0.952. The number of nitrogens with one attached hydrogen (secondary N) is 1. The zero-order valence-corrected chi connectivity index (χ0v) is 16.5. The van der Waals surface area contributed by atoms with E-state index < -0.39 is 11.8 Å². The van der Waals surface area contributed by atoms with Crippen LogP contribution in [0, 0.1) is 0 Å². The van der Waals surface area contributed by atoms with E-state index in [2.05, 4.69) is 22.2 Å². The zero-order valence-electron chi connectivity index (χ0n) is 16.5. The van der Waals surface area contributed by atoms with Crippen molar-refractivity contribution in [1.82, 2.24) is 15.2 Å². The standard InChI is InChI=1S/C21H26FN3O4/c1-25-9-2-3-16(25)8-10-28-17-5-6-18-15(11-17)4-7-19(24-18)29-20(26)23-12-21(22)13-27-14-21/h4-7,11,16H,2-3,8-10,12-14H2,1H3,(H,23,26). The Morgan fingerprint density at radius 1 is 1.38 bits per heavy atom. The quantitative estimate of drug-likeness (QED) is 0.766. The molecule has 0 saturated carbocycles. The number of aromatic nitrogens is 1. The third kappa shape index (κ3) is 4.94. The van der Waals surface area contributed by atoms with Crippen molar-refractivity contribution >= 4 is 17.0 Å². The molecule has 4 rings (SSSR count). The third-order valence-corrected chi connectivity index (χ3v) is 5.49. The number of carbonyl (C=O) groups is 1. The zero-order chi connectivity index (χ0) is 20.3. The van der Waals surface area contributed by atoms with Crippen LogP contribution in [0.25, 0.3) is 10.9 Å². The van der Waals surface area contributed by atoms with Crippen LogP contribution in [0.15, 0.2) is 30.3 Å². The van der Waals surface area contributed by atoms with Crippen LogP contribution < -0.4 is 14.8 Å². The predicted molar refractivity (Wildman–Crippen MR) is 106 cm³/mol. The number of fused-ring (bicyclic) bond motifs is 1. The Bertz CT molecular complexity index is 874. The van der Waals surface area contributed by atoms with Crippen LogP contribution in [0.2, 0.25) is 0 Å². The number of halogens is 1. The fraction of sp³-hybridized carbons (Fsp3) is 0.524. The summed E-state index contributed by atoms with van der Waals surface area (Å²) in [7, 11) is 2.16. The van der Waals surface area contributed by atoms with Crippen molar-refractivity contribution in [2.24, 2.45) is 0 Å². The summed E-state index contributed by atoms with van der Waals surface area (Å²) in [6, 6.07) is 9.65. The third-order valence-electron chi connectivity index (χ3n) is 5.49. The maximum absolute atomic E-state index is 13.8. The minimum absolute atomic E-state index is 0.0106. The number of rotatable bonds is 7. The van der Waals surface area contributed by atoms with E-state index >= 15 is 0 Å². The van der Waals surface area contributed by atoms with Crippen LogP contribution >= 0.6 is 0 Å². The molecule has 2 aromatic rings. The largest absolute Gasteiger partial charge is 0.494 e. The second-order valence-electron chi connectivity index (χ2n) is 7.80. The highest BCUT2D eigenvalue weighted by molar-refractivity contribution is 5.81. The molecular formula is C21H26FN3O4. The second kappa shape index (κ2) is 8.51. The molecule has 0 bridgehead atoms. The minimum atomic E-state index is -1.50. The molecule has 0 aliphatic carbocycles. The SMILES string of the molecule is CN1CCCC1CCOc1ccc2nc(OC(=O)NCC3(F)COC3)ccc2c1. The Balaban J connectivity index is 1.30. The van der Waals surface area contributed by atoms with E-state index in [0.717, 1.165) is 24.1 Å². The summed E-state index contributed by atoms with van der Waals surface area (Å²) in [6.07, 6.45) is 2.77. The molecule has 1 N–H and O–H groups in total. The fourth-order valence-corrected chi connectivity index (χ4v) is 3.68. The van der Waals surface area contributed by atoms with Gasteiger partial charge in [-0.1, -0.05) is 0 Å². The number of amides is 1. The minimum Gasteiger partial charge on any atom is -0.494 e. The van der Waals surface area contributed by atoms with Gasteiger partial charge in [-0.3, -0.25) is 0 Å². The fourth-order valence-electron chi connectivity index (χ4n) is 3.68. The number of nitrogens with zero attached hydrogens (tertiary/aromatic N) is 2. The first-order valence-corrected chi connectivity index (χ1v) is 9.97. The van der Waals surface area contributed by atoms with Gasteiger partial charge in [-0.15, -0.1) is 0 Å². The summed E-state index contributed by atoms with van der Waals surface area (Å²) < 4.78 is 29.7. The molecule has 2 aliphatic heterocycles. The normalized spacial score (nSPS) is 21.0. The molecule has 2 saturated heterocycles. The molecule has 1 aromatic carbocycles. The molecule has 1 aromatic heterocycles. The molecule has 8 heteroatoms. The average molecular weight is 403 g/mol. The number of likely N-dealkylation sites (tertiary alicyclic amines) is 1. The number of carbonyl (C=O) groups excluding carboxylic acids is 1. The first kappa shape index (κ1) is 19.8. The molecule has 2 fully saturated rings. The molecule has 2 aliphatic rings. The maximum atomic E-state index is 13.8. The van der Waals surface area contributed by atoms with E-state index in [1.807, 2.05) is 24.3 Å². The first-order chi connectivity index (χ1) is 14.0. The van der Waals surface area contributed by atoms with Crippen LogP contribution in [0.5, 0.6) is 11.6 Å². The van der Waals surface area contributed by atoms with E-state index in [0.29, 0.717) is 18.2 Å². The highest BCUT2D eigenvalue weighted by Gasteiger charge is 2.39. The van der Waals surface area contributed by atoms with Gasteiger partial charge >= 0.3 is 6.09 Å². The lowest BCUT2D eigenvalue weighted by Crippen LogP contribution is -2.53. The molecule has 1 amide bonds. The van der Waals surface area contributed by atoms with Gasteiger partial charge in [0.15, 0.2) is 5.67 Å². The first-order valence-electron chi connectivity index (χ1n) is 9.97. The molecule has 1 unspecified atom stereocenters. The van der Waals surface area contributed by atoms with Crippen LogP contribution in [-0.2, 0) is 4.74 Å². The van der Waals surface area contributed by atoms with E-state index in [4.69, 9.17) is 14.2 Å². The Kier molecular flexibility index (Phi) is 5.82. The lowest BCUT2D eigenvalue weighted by atomic mass is 10.1. The highest BCUT2D eigenvalue weighted by Crippen LogP contribution is 2.24. The monoisotopic (exact) mass is 403 g/mol. The van der Waals surface area contributed by atoms with E-state index in [1.165, 1.54) is 12.8 Å². The summed E-state index contributed by atoms with van der Waals surface area (Å²) >= 11 is 0. The van der Waals surface area contributed by atoms with Crippen molar-refractivity contribution in [2.45, 2.75) is 31.0 Å². The Hall–Kier alpha value is -2.45. The summed E-state index contributed by atoms with van der Waals surface area (Å²) in [4.78, 5) is 18.5. The number of benzene rings is 1. The van der Waals surface area contributed by atoms with Crippen molar-refractivity contribution in [1.29, 1.82) is 0 Å². The molecule has 7 nitrogen and oxygen atoms in total. The van der Waals surface area contributed by atoms with Crippen molar-refractivity contribution in [3.05, 3.63) is 30.3 Å². The van der Waals surface area contributed by atoms with Crippen LogP contribution in [0.3, 0.4) is 0 Å². The van der Waals surface area contributed by atoms with E-state index in [-0.39, 0.29) is 25.6 Å². The lowest BCUT2D eigenvalue weighted by Gasteiger charge is -2.33. The van der Waals surface area contributed by atoms with Crippen molar-refractivity contribution < 1.29 is 23.4 Å². The lowest BCUT2D eigenvalue weighted by molar-refractivity contribution is -0.126. The number of hydrogen-bond acceptors (Lipinski definition) is 6. The van der Waals surface area contributed by atoms with Gasteiger partial charge in [-0.2, -0.15) is 0 Å². The van der Waals surface area contributed by atoms with Gasteiger partial charge in [-0.05, 0) is 57.1 Å². The summed E-state index contributed by atoms with van der Waals surface area (Å²) in [6.45, 7) is 1.68. The predicted octanol–water partition coefficient (Wildman–Crippen LogP) is 2.92. The molecule has 0 radical (unpaired) electrons. The Labute approximate surface area is 169 Å². The average Bonchev–Trinajstić information content (AvgIpc) is 3.10. The smallest absolute Gasteiger partial charge is 0.414 e. The van der Waals surface area contributed by atoms with E-state index in [9.17, 15) is 9.18 Å². The number of hydrogen-bond donors (Lipinski definition) is 1. The number of ether oxygens (including phenoxy) is 3. The van der Waals surface area contributed by atoms with Gasteiger partial charge in [0, 0.05) is 17.5 Å².